The zero-order chi connectivity index (χ0) is 18.5. The van der Waals surface area contributed by atoms with E-state index in [0.29, 0.717) is 15.6 Å². The smallest absolute Gasteiger partial charge is 0.293 e. The van der Waals surface area contributed by atoms with E-state index in [2.05, 4.69) is 17.1 Å². The molecule has 1 heterocycles. The zero-order valence-corrected chi connectivity index (χ0v) is 15.2. The van der Waals surface area contributed by atoms with Crippen LogP contribution in [0.3, 0.4) is 0 Å². The number of halogens is 2. The third kappa shape index (κ3) is 1.89. The number of rotatable bonds is 5. The lowest BCUT2D eigenvalue weighted by atomic mass is 9.93. The molecular weight excluding hydrogens is 363 g/mol. The molecule has 3 atom stereocenters. The van der Waals surface area contributed by atoms with Gasteiger partial charge in [-0.15, -0.1) is 0 Å². The van der Waals surface area contributed by atoms with Crippen LogP contribution in [0.1, 0.15) is 25.3 Å². The van der Waals surface area contributed by atoms with Gasteiger partial charge in [0.2, 0.25) is 0 Å². The topological polar surface area (TPSA) is 104 Å². The van der Waals surface area contributed by atoms with E-state index in [-0.39, 0.29) is 19.0 Å². The fourth-order valence-electron chi connectivity index (χ4n) is 3.97. The SMILES string of the molecule is CCOC1(OCC)N=C(N)C2(C#N)C(c3c(Cl)cccc3Cl)C12C#N. The molecule has 0 radical (unpaired) electrons. The average Bonchev–Trinajstić information content (AvgIpc) is 3.13. The molecule has 0 spiro atoms. The Morgan fingerprint density at radius 1 is 1.16 bits per heavy atom. The van der Waals surface area contributed by atoms with Crippen molar-refractivity contribution in [3.8, 4) is 12.1 Å². The predicted octanol–water partition coefficient (Wildman–Crippen LogP) is 3.21. The summed E-state index contributed by atoms with van der Waals surface area (Å²) in [5.41, 5.74) is 3.74. The van der Waals surface area contributed by atoms with Crippen LogP contribution in [0, 0.1) is 33.5 Å². The summed E-state index contributed by atoms with van der Waals surface area (Å²) in [6.45, 7) is 3.96. The Morgan fingerprint density at radius 2 is 1.72 bits per heavy atom. The van der Waals surface area contributed by atoms with Crippen molar-refractivity contribution < 1.29 is 9.47 Å². The van der Waals surface area contributed by atoms with Crippen molar-refractivity contribution in [2.75, 3.05) is 13.2 Å². The maximum absolute atomic E-state index is 10.1. The van der Waals surface area contributed by atoms with Gasteiger partial charge in [-0.05, 0) is 31.5 Å². The number of nitrogens with zero attached hydrogens (tertiary/aromatic N) is 3. The third-order valence-corrected chi connectivity index (χ3v) is 5.55. The molecule has 130 valence electrons. The van der Waals surface area contributed by atoms with Crippen LogP contribution in [-0.2, 0) is 9.47 Å². The summed E-state index contributed by atoms with van der Waals surface area (Å²) in [5, 5.41) is 20.8. The minimum atomic E-state index is -1.67. The molecular formula is C17H16Cl2N4O2. The first-order valence-electron chi connectivity index (χ1n) is 7.82. The average molecular weight is 379 g/mol. The van der Waals surface area contributed by atoms with E-state index < -0.39 is 22.7 Å². The number of benzene rings is 1. The van der Waals surface area contributed by atoms with Crippen LogP contribution < -0.4 is 5.73 Å². The van der Waals surface area contributed by atoms with E-state index in [4.69, 9.17) is 38.4 Å². The van der Waals surface area contributed by atoms with E-state index in [1.54, 1.807) is 32.0 Å². The number of hydrogen-bond donors (Lipinski definition) is 1. The highest BCUT2D eigenvalue weighted by Crippen LogP contribution is 2.82. The van der Waals surface area contributed by atoms with Gasteiger partial charge in [-0.2, -0.15) is 10.5 Å². The van der Waals surface area contributed by atoms with Gasteiger partial charge in [0.25, 0.3) is 5.91 Å². The minimum Gasteiger partial charge on any atom is -0.386 e. The molecule has 0 bridgehead atoms. The van der Waals surface area contributed by atoms with E-state index in [0.717, 1.165) is 0 Å². The van der Waals surface area contributed by atoms with Crippen LogP contribution in [-0.4, -0.2) is 25.0 Å². The Bertz CT molecular complexity index is 818. The fourth-order valence-corrected chi connectivity index (χ4v) is 4.58. The van der Waals surface area contributed by atoms with Crippen molar-refractivity contribution in [2.24, 2.45) is 21.6 Å². The molecule has 2 N–H and O–H groups in total. The molecule has 1 aliphatic carbocycles. The molecule has 1 saturated carbocycles. The maximum atomic E-state index is 10.1. The second-order valence-electron chi connectivity index (χ2n) is 5.85. The summed E-state index contributed by atoms with van der Waals surface area (Å²) < 4.78 is 11.5. The maximum Gasteiger partial charge on any atom is 0.293 e. The van der Waals surface area contributed by atoms with Crippen molar-refractivity contribution in [2.45, 2.75) is 25.7 Å². The van der Waals surface area contributed by atoms with Gasteiger partial charge in [-0.3, -0.25) is 0 Å². The Kier molecular flexibility index (Phi) is 4.21. The zero-order valence-electron chi connectivity index (χ0n) is 13.7. The first-order chi connectivity index (χ1) is 11.9. The van der Waals surface area contributed by atoms with Gasteiger partial charge >= 0.3 is 0 Å². The molecule has 1 fully saturated rings. The van der Waals surface area contributed by atoms with Crippen molar-refractivity contribution in [3.05, 3.63) is 33.8 Å². The van der Waals surface area contributed by atoms with Crippen LogP contribution >= 0.6 is 23.2 Å². The molecule has 1 aromatic carbocycles. The van der Waals surface area contributed by atoms with E-state index >= 15 is 0 Å². The Balaban J connectivity index is 2.29. The summed E-state index contributed by atoms with van der Waals surface area (Å²) in [4.78, 5) is 4.27. The highest BCUT2D eigenvalue weighted by molar-refractivity contribution is 6.36. The van der Waals surface area contributed by atoms with Gasteiger partial charge in [-0.25, -0.2) is 4.99 Å². The second kappa shape index (κ2) is 5.86. The van der Waals surface area contributed by atoms with Crippen LogP contribution in [0.25, 0.3) is 0 Å². The molecule has 1 aromatic rings. The van der Waals surface area contributed by atoms with Crippen molar-refractivity contribution in [1.29, 1.82) is 10.5 Å². The lowest BCUT2D eigenvalue weighted by molar-refractivity contribution is -0.255. The normalized spacial score (nSPS) is 31.6. The van der Waals surface area contributed by atoms with Crippen LogP contribution in [0.4, 0.5) is 0 Å². The molecule has 1 aliphatic heterocycles. The Hall–Kier alpha value is -1.83. The number of aliphatic imine (C=N–C) groups is 1. The number of nitrogens with two attached hydrogens (primary N) is 1. The number of hydrogen-bond acceptors (Lipinski definition) is 6. The summed E-state index contributed by atoms with van der Waals surface area (Å²) in [6, 6.07) is 9.40. The lowest BCUT2D eigenvalue weighted by Crippen LogP contribution is -2.43. The first kappa shape index (κ1) is 18.0. The van der Waals surface area contributed by atoms with Crippen molar-refractivity contribution >= 4 is 29.0 Å². The quantitative estimate of drug-likeness (QED) is 0.791. The molecule has 3 rings (SSSR count). The summed E-state index contributed by atoms with van der Waals surface area (Å²) >= 11 is 12.7. The fraction of sp³-hybridized carbons (Fsp3) is 0.471. The third-order valence-electron chi connectivity index (χ3n) is 4.90. The highest BCUT2D eigenvalue weighted by atomic mass is 35.5. The van der Waals surface area contributed by atoms with Gasteiger partial charge in [-0.1, -0.05) is 29.3 Å². The summed E-state index contributed by atoms with van der Waals surface area (Å²) in [7, 11) is 0. The second-order valence-corrected chi connectivity index (χ2v) is 6.67. The number of amidine groups is 1. The molecule has 0 amide bonds. The standard InChI is InChI=1S/C17H16Cl2N4O2/c1-3-24-17(25-4-2)16(9-21)13(15(16,8-20)14(22)23-17)12-10(18)6-5-7-11(12)19/h5-7,13H,3-4H2,1-2H3,(H2,22,23). The number of fused-ring (bicyclic) bond motifs is 1. The molecule has 8 heteroatoms. The highest BCUT2D eigenvalue weighted by Gasteiger charge is 2.94. The van der Waals surface area contributed by atoms with E-state index in [1.807, 2.05) is 0 Å². The molecule has 25 heavy (non-hydrogen) atoms. The van der Waals surface area contributed by atoms with Crippen LogP contribution in [0.5, 0.6) is 0 Å². The van der Waals surface area contributed by atoms with Gasteiger partial charge in [0.05, 0.1) is 12.1 Å². The van der Waals surface area contributed by atoms with Crippen LogP contribution in [0.2, 0.25) is 10.0 Å². The molecule has 3 unspecified atom stereocenters. The van der Waals surface area contributed by atoms with E-state index in [9.17, 15) is 10.5 Å². The Labute approximate surface area is 155 Å². The predicted molar refractivity (Wildman–Crippen MR) is 92.9 cm³/mol. The van der Waals surface area contributed by atoms with E-state index in [1.165, 1.54) is 0 Å². The number of nitriles is 2. The van der Waals surface area contributed by atoms with Gasteiger partial charge < -0.3 is 15.2 Å². The van der Waals surface area contributed by atoms with Gasteiger partial charge in [0.15, 0.2) is 5.41 Å². The minimum absolute atomic E-state index is 0.000522. The van der Waals surface area contributed by atoms with Gasteiger partial charge in [0.1, 0.15) is 11.3 Å². The Morgan fingerprint density at radius 3 is 2.16 bits per heavy atom. The van der Waals surface area contributed by atoms with Crippen molar-refractivity contribution in [1.82, 2.24) is 0 Å². The monoisotopic (exact) mass is 378 g/mol. The molecule has 0 aromatic heterocycles. The molecule has 2 aliphatic rings. The molecule has 6 nitrogen and oxygen atoms in total. The van der Waals surface area contributed by atoms with Crippen molar-refractivity contribution in [3.63, 3.8) is 0 Å². The summed E-state index contributed by atoms with van der Waals surface area (Å²) in [5.74, 6) is -2.37. The van der Waals surface area contributed by atoms with Gasteiger partial charge in [0, 0.05) is 29.2 Å². The summed E-state index contributed by atoms with van der Waals surface area (Å²) in [6.07, 6.45) is 0. The largest absolute Gasteiger partial charge is 0.386 e. The first-order valence-corrected chi connectivity index (χ1v) is 8.58. The lowest BCUT2D eigenvalue weighted by Gasteiger charge is -2.31. The van der Waals surface area contributed by atoms with Crippen LogP contribution in [0.15, 0.2) is 23.2 Å². The molecule has 0 saturated heterocycles. The number of ether oxygens (including phenoxy) is 2.